The molecule has 0 radical (unpaired) electrons. The Bertz CT molecular complexity index is 581. The van der Waals surface area contributed by atoms with Gasteiger partial charge in [-0.05, 0) is 45.1 Å². The molecule has 1 rings (SSSR count). The maximum atomic E-state index is 11.8. The van der Waals surface area contributed by atoms with Crippen LogP contribution < -0.4 is 16.2 Å². The molecule has 0 saturated carbocycles. The van der Waals surface area contributed by atoms with E-state index in [1.54, 1.807) is 6.07 Å². The monoisotopic (exact) mass is 364 g/mol. The second kappa shape index (κ2) is 13.4. The lowest BCUT2D eigenvalue weighted by Crippen LogP contribution is -2.38. The number of guanidine groups is 1. The number of aliphatic imine (C=N–C) groups is 1. The fourth-order valence-electron chi connectivity index (χ4n) is 2.53. The van der Waals surface area contributed by atoms with E-state index in [0.717, 1.165) is 70.3 Å². The Labute approximate surface area is 158 Å². The van der Waals surface area contributed by atoms with E-state index in [1.807, 2.05) is 23.6 Å². The minimum Gasteiger partial charge on any atom is -0.381 e. The average molecular weight is 365 g/mol. The van der Waals surface area contributed by atoms with Gasteiger partial charge in [-0.2, -0.15) is 0 Å². The van der Waals surface area contributed by atoms with Gasteiger partial charge in [-0.25, -0.2) is 0 Å². The van der Waals surface area contributed by atoms with Crippen molar-refractivity contribution in [2.24, 2.45) is 10.9 Å². The molecule has 6 heteroatoms. The molecule has 0 amide bonds. The number of nitrogens with one attached hydrogen (secondary N) is 2. The minimum absolute atomic E-state index is 0.0764. The largest absolute Gasteiger partial charge is 0.381 e. The van der Waals surface area contributed by atoms with Crippen LogP contribution in [0.1, 0.15) is 45.7 Å². The highest BCUT2D eigenvalue weighted by Gasteiger charge is 2.00. The normalized spacial score (nSPS) is 11.8. The van der Waals surface area contributed by atoms with E-state index < -0.39 is 0 Å². The number of pyridine rings is 1. The molecule has 0 aromatic carbocycles. The number of nitrogens with zero attached hydrogens (tertiary/aromatic N) is 2. The van der Waals surface area contributed by atoms with Gasteiger partial charge in [-0.3, -0.25) is 9.79 Å². The van der Waals surface area contributed by atoms with Crippen molar-refractivity contribution in [2.45, 2.75) is 53.5 Å². The zero-order valence-corrected chi connectivity index (χ0v) is 16.9. The third-order valence-corrected chi connectivity index (χ3v) is 3.88. The van der Waals surface area contributed by atoms with Crippen molar-refractivity contribution < 1.29 is 4.74 Å². The van der Waals surface area contributed by atoms with Gasteiger partial charge < -0.3 is 19.9 Å². The maximum Gasteiger partial charge on any atom is 0.250 e. The molecular formula is C20H36N4O2. The van der Waals surface area contributed by atoms with Crippen LogP contribution in [0.3, 0.4) is 0 Å². The summed E-state index contributed by atoms with van der Waals surface area (Å²) in [5, 5.41) is 6.62. The van der Waals surface area contributed by atoms with E-state index in [-0.39, 0.29) is 5.56 Å². The average Bonchev–Trinajstić information content (AvgIpc) is 2.59. The van der Waals surface area contributed by atoms with Crippen LogP contribution >= 0.6 is 0 Å². The van der Waals surface area contributed by atoms with Crippen molar-refractivity contribution in [2.75, 3.05) is 32.8 Å². The Morgan fingerprint density at radius 2 is 2.04 bits per heavy atom. The van der Waals surface area contributed by atoms with Gasteiger partial charge in [0.2, 0.25) is 0 Å². The maximum absolute atomic E-state index is 11.8. The Hall–Kier alpha value is -1.82. The van der Waals surface area contributed by atoms with Crippen LogP contribution in [0, 0.1) is 12.8 Å². The molecular weight excluding hydrogens is 328 g/mol. The molecule has 0 spiro atoms. The van der Waals surface area contributed by atoms with E-state index in [9.17, 15) is 4.79 Å². The number of aryl methyl sites for hydroxylation is 1. The van der Waals surface area contributed by atoms with Crippen molar-refractivity contribution >= 4 is 5.96 Å². The lowest BCUT2D eigenvalue weighted by Gasteiger charge is -2.12. The van der Waals surface area contributed by atoms with Gasteiger partial charge in [0.25, 0.3) is 5.56 Å². The van der Waals surface area contributed by atoms with Crippen LogP contribution in [-0.2, 0) is 11.3 Å². The number of aromatic nitrogens is 1. The Morgan fingerprint density at radius 3 is 2.73 bits per heavy atom. The number of rotatable bonds is 12. The van der Waals surface area contributed by atoms with Crippen LogP contribution in [0.25, 0.3) is 0 Å². The SMILES string of the molecule is CCNC(=NCCCOCC(C)C)NCCCCn1c(C)cccc1=O. The Kier molecular flexibility index (Phi) is 11.4. The van der Waals surface area contributed by atoms with Crippen molar-refractivity contribution in [3.8, 4) is 0 Å². The Morgan fingerprint density at radius 1 is 1.23 bits per heavy atom. The molecule has 0 aliphatic carbocycles. The summed E-state index contributed by atoms with van der Waals surface area (Å²) < 4.78 is 7.40. The topological polar surface area (TPSA) is 67.7 Å². The summed E-state index contributed by atoms with van der Waals surface area (Å²) >= 11 is 0. The van der Waals surface area contributed by atoms with Gasteiger partial charge in [0.1, 0.15) is 0 Å². The lowest BCUT2D eigenvalue weighted by molar-refractivity contribution is 0.109. The fourth-order valence-corrected chi connectivity index (χ4v) is 2.53. The van der Waals surface area contributed by atoms with Crippen LogP contribution in [0.5, 0.6) is 0 Å². The summed E-state index contributed by atoms with van der Waals surface area (Å²) in [4.78, 5) is 16.4. The summed E-state index contributed by atoms with van der Waals surface area (Å²) in [5.74, 6) is 1.43. The van der Waals surface area contributed by atoms with E-state index >= 15 is 0 Å². The van der Waals surface area contributed by atoms with Gasteiger partial charge in [-0.1, -0.05) is 19.9 Å². The fraction of sp³-hybridized carbons (Fsp3) is 0.700. The van der Waals surface area contributed by atoms with Gasteiger partial charge >= 0.3 is 0 Å². The molecule has 1 aromatic heterocycles. The number of ether oxygens (including phenoxy) is 1. The first-order chi connectivity index (χ1) is 12.5. The van der Waals surface area contributed by atoms with Crippen molar-refractivity contribution in [3.63, 3.8) is 0 Å². The Balaban J connectivity index is 2.24. The quantitative estimate of drug-likeness (QED) is 0.340. The predicted molar refractivity (Wildman–Crippen MR) is 109 cm³/mol. The highest BCUT2D eigenvalue weighted by atomic mass is 16.5. The number of hydrogen-bond acceptors (Lipinski definition) is 3. The van der Waals surface area contributed by atoms with Crippen LogP contribution in [0.15, 0.2) is 28.0 Å². The standard InChI is InChI=1S/C20H36N4O2/c1-5-21-20(23-13-9-15-26-16-17(2)3)22-12-6-7-14-24-18(4)10-8-11-19(24)25/h8,10-11,17H,5-7,9,12-16H2,1-4H3,(H2,21,22,23). The molecule has 2 N–H and O–H groups in total. The summed E-state index contributed by atoms with van der Waals surface area (Å²) in [6.07, 6.45) is 2.88. The van der Waals surface area contributed by atoms with Crippen LogP contribution in [0.2, 0.25) is 0 Å². The van der Waals surface area contributed by atoms with Crippen molar-refractivity contribution in [3.05, 3.63) is 34.2 Å². The first-order valence-corrected chi connectivity index (χ1v) is 9.81. The van der Waals surface area contributed by atoms with Crippen molar-refractivity contribution in [1.29, 1.82) is 0 Å². The third-order valence-electron chi connectivity index (χ3n) is 3.88. The highest BCUT2D eigenvalue weighted by Crippen LogP contribution is 1.98. The first kappa shape index (κ1) is 22.2. The van der Waals surface area contributed by atoms with E-state index in [4.69, 9.17) is 4.74 Å². The lowest BCUT2D eigenvalue weighted by atomic mass is 10.2. The number of hydrogen-bond donors (Lipinski definition) is 2. The van der Waals surface area contributed by atoms with Crippen LogP contribution in [0.4, 0.5) is 0 Å². The number of unbranched alkanes of at least 4 members (excludes halogenated alkanes) is 1. The summed E-state index contributed by atoms with van der Waals surface area (Å²) in [7, 11) is 0. The molecule has 148 valence electrons. The molecule has 0 bridgehead atoms. The molecule has 0 unspecified atom stereocenters. The van der Waals surface area contributed by atoms with E-state index in [2.05, 4.69) is 36.4 Å². The van der Waals surface area contributed by atoms with Gasteiger partial charge in [0.05, 0.1) is 0 Å². The van der Waals surface area contributed by atoms with Gasteiger partial charge in [0.15, 0.2) is 5.96 Å². The summed E-state index contributed by atoms with van der Waals surface area (Å²) in [6.45, 7) is 13.1. The van der Waals surface area contributed by atoms with E-state index in [1.165, 1.54) is 0 Å². The minimum atomic E-state index is 0.0764. The van der Waals surface area contributed by atoms with Gasteiger partial charge in [0, 0.05) is 51.2 Å². The molecule has 0 aliphatic heterocycles. The molecule has 6 nitrogen and oxygen atoms in total. The zero-order valence-electron chi connectivity index (χ0n) is 16.9. The first-order valence-electron chi connectivity index (χ1n) is 9.81. The van der Waals surface area contributed by atoms with Crippen LogP contribution in [-0.4, -0.2) is 43.4 Å². The zero-order chi connectivity index (χ0) is 19.2. The van der Waals surface area contributed by atoms with Crippen molar-refractivity contribution in [1.82, 2.24) is 15.2 Å². The summed E-state index contributed by atoms with van der Waals surface area (Å²) in [5.41, 5.74) is 1.09. The molecule has 26 heavy (non-hydrogen) atoms. The molecule has 0 aliphatic rings. The molecule has 1 heterocycles. The smallest absolute Gasteiger partial charge is 0.250 e. The highest BCUT2D eigenvalue weighted by molar-refractivity contribution is 5.79. The van der Waals surface area contributed by atoms with E-state index in [0.29, 0.717) is 5.92 Å². The van der Waals surface area contributed by atoms with Gasteiger partial charge in [-0.15, -0.1) is 0 Å². The molecule has 0 atom stereocenters. The molecule has 0 fully saturated rings. The third kappa shape index (κ3) is 9.61. The second-order valence-electron chi connectivity index (χ2n) is 6.87. The molecule has 0 saturated heterocycles. The summed E-state index contributed by atoms with van der Waals surface area (Å²) in [6, 6.07) is 5.40. The predicted octanol–water partition coefficient (Wildman–Crippen LogP) is 2.55. The molecule has 1 aromatic rings. The second-order valence-corrected chi connectivity index (χ2v) is 6.87.